The zero-order chi connectivity index (χ0) is 13.4. The summed E-state index contributed by atoms with van der Waals surface area (Å²) >= 11 is 0. The van der Waals surface area contributed by atoms with E-state index in [1.165, 1.54) is 18.4 Å². The molecule has 0 aromatic heterocycles. The van der Waals surface area contributed by atoms with Crippen molar-refractivity contribution in [2.75, 3.05) is 20.1 Å². The van der Waals surface area contributed by atoms with Gasteiger partial charge in [0.25, 0.3) is 0 Å². The second-order valence-corrected chi connectivity index (χ2v) is 5.10. The van der Waals surface area contributed by atoms with E-state index in [-0.39, 0.29) is 0 Å². The minimum Gasteiger partial charge on any atom is -0.329 e. The zero-order valence-corrected chi connectivity index (χ0v) is 12.1. The number of nitrogens with two attached hydrogens (primary N) is 1. The standard InChI is InChI=1S/C16H28N2/c1-4-15(5-2)16(13-17)18(3)12-11-14-9-7-6-8-10-14/h6-10,15-16H,4-5,11-13,17H2,1-3H3. The van der Waals surface area contributed by atoms with Gasteiger partial charge in [-0.2, -0.15) is 0 Å². The van der Waals surface area contributed by atoms with Crippen LogP contribution in [0.3, 0.4) is 0 Å². The van der Waals surface area contributed by atoms with E-state index in [4.69, 9.17) is 5.73 Å². The summed E-state index contributed by atoms with van der Waals surface area (Å²) in [6.07, 6.45) is 3.54. The maximum absolute atomic E-state index is 5.95. The number of hydrogen-bond donors (Lipinski definition) is 1. The van der Waals surface area contributed by atoms with Gasteiger partial charge < -0.3 is 10.6 Å². The van der Waals surface area contributed by atoms with Gasteiger partial charge in [0.2, 0.25) is 0 Å². The van der Waals surface area contributed by atoms with E-state index in [0.717, 1.165) is 25.4 Å². The SMILES string of the molecule is CCC(CC)C(CN)N(C)CCc1ccccc1. The predicted octanol–water partition coefficient (Wildman–Crippen LogP) is 2.92. The first-order valence-corrected chi connectivity index (χ1v) is 7.17. The van der Waals surface area contributed by atoms with Gasteiger partial charge >= 0.3 is 0 Å². The van der Waals surface area contributed by atoms with Crippen molar-refractivity contribution in [2.24, 2.45) is 11.7 Å². The van der Waals surface area contributed by atoms with Gasteiger partial charge in [-0.15, -0.1) is 0 Å². The van der Waals surface area contributed by atoms with Crippen molar-refractivity contribution in [1.82, 2.24) is 4.90 Å². The van der Waals surface area contributed by atoms with Crippen molar-refractivity contribution in [3.05, 3.63) is 35.9 Å². The molecule has 0 aliphatic carbocycles. The average Bonchev–Trinajstić information content (AvgIpc) is 2.43. The Morgan fingerprint density at radius 3 is 2.22 bits per heavy atom. The second-order valence-electron chi connectivity index (χ2n) is 5.10. The van der Waals surface area contributed by atoms with Crippen molar-refractivity contribution in [2.45, 2.75) is 39.2 Å². The molecule has 1 unspecified atom stereocenters. The summed E-state index contributed by atoms with van der Waals surface area (Å²) in [6.45, 7) is 6.38. The molecule has 0 saturated carbocycles. The molecule has 0 saturated heterocycles. The van der Waals surface area contributed by atoms with E-state index < -0.39 is 0 Å². The molecule has 2 N–H and O–H groups in total. The lowest BCUT2D eigenvalue weighted by Gasteiger charge is -2.33. The van der Waals surface area contributed by atoms with Crippen LogP contribution < -0.4 is 5.73 Å². The fraction of sp³-hybridized carbons (Fsp3) is 0.625. The average molecular weight is 248 g/mol. The number of nitrogens with zero attached hydrogens (tertiary/aromatic N) is 1. The molecule has 0 bridgehead atoms. The number of rotatable bonds is 8. The van der Waals surface area contributed by atoms with Gasteiger partial charge in [-0.3, -0.25) is 0 Å². The Morgan fingerprint density at radius 1 is 1.11 bits per heavy atom. The van der Waals surface area contributed by atoms with Gasteiger partial charge in [0.1, 0.15) is 0 Å². The molecule has 0 radical (unpaired) electrons. The minimum atomic E-state index is 0.517. The molecule has 1 aromatic rings. The van der Waals surface area contributed by atoms with Crippen LogP contribution in [0.1, 0.15) is 32.3 Å². The fourth-order valence-electron chi connectivity index (χ4n) is 2.68. The van der Waals surface area contributed by atoms with Gasteiger partial charge in [0, 0.05) is 19.1 Å². The fourth-order valence-corrected chi connectivity index (χ4v) is 2.68. The van der Waals surface area contributed by atoms with Gasteiger partial charge in [-0.1, -0.05) is 57.0 Å². The number of benzene rings is 1. The summed E-state index contributed by atoms with van der Waals surface area (Å²) in [5, 5.41) is 0. The Labute approximate surface area is 112 Å². The van der Waals surface area contributed by atoms with E-state index in [9.17, 15) is 0 Å². The van der Waals surface area contributed by atoms with Crippen molar-refractivity contribution in [3.63, 3.8) is 0 Å². The summed E-state index contributed by atoms with van der Waals surface area (Å²) in [7, 11) is 2.21. The molecule has 1 rings (SSSR count). The Kier molecular flexibility index (Phi) is 6.99. The molecule has 0 spiro atoms. The summed E-state index contributed by atoms with van der Waals surface area (Å²) in [4.78, 5) is 2.44. The van der Waals surface area contributed by atoms with E-state index in [1.807, 2.05) is 0 Å². The molecule has 0 amide bonds. The third-order valence-electron chi connectivity index (χ3n) is 4.00. The summed E-state index contributed by atoms with van der Waals surface area (Å²) in [5.74, 6) is 0.718. The quantitative estimate of drug-likeness (QED) is 0.766. The Morgan fingerprint density at radius 2 is 1.72 bits per heavy atom. The zero-order valence-electron chi connectivity index (χ0n) is 12.1. The largest absolute Gasteiger partial charge is 0.329 e. The summed E-state index contributed by atoms with van der Waals surface area (Å²) in [6, 6.07) is 11.2. The van der Waals surface area contributed by atoms with Crippen LogP contribution in [0.15, 0.2) is 30.3 Å². The lowest BCUT2D eigenvalue weighted by molar-refractivity contribution is 0.174. The van der Waals surface area contributed by atoms with Crippen LogP contribution in [-0.2, 0) is 6.42 Å². The molecule has 0 aliphatic heterocycles. The maximum Gasteiger partial charge on any atom is 0.0243 e. The first-order valence-electron chi connectivity index (χ1n) is 7.17. The van der Waals surface area contributed by atoms with Gasteiger partial charge in [0.05, 0.1) is 0 Å². The lowest BCUT2D eigenvalue weighted by Crippen LogP contribution is -2.44. The van der Waals surface area contributed by atoms with Crippen LogP contribution in [0, 0.1) is 5.92 Å². The minimum absolute atomic E-state index is 0.517. The van der Waals surface area contributed by atoms with E-state index in [0.29, 0.717) is 6.04 Å². The van der Waals surface area contributed by atoms with Crippen LogP contribution in [-0.4, -0.2) is 31.1 Å². The van der Waals surface area contributed by atoms with Gasteiger partial charge in [-0.05, 0) is 24.9 Å². The van der Waals surface area contributed by atoms with Crippen molar-refractivity contribution < 1.29 is 0 Å². The van der Waals surface area contributed by atoms with Crippen LogP contribution in [0.25, 0.3) is 0 Å². The number of hydrogen-bond acceptors (Lipinski definition) is 2. The highest BCUT2D eigenvalue weighted by Crippen LogP contribution is 2.17. The summed E-state index contributed by atoms with van der Waals surface area (Å²) < 4.78 is 0. The molecule has 0 aliphatic rings. The second kappa shape index (κ2) is 8.28. The van der Waals surface area contributed by atoms with Crippen LogP contribution in [0.2, 0.25) is 0 Å². The predicted molar refractivity (Wildman–Crippen MR) is 79.7 cm³/mol. The molecule has 0 fully saturated rings. The van der Waals surface area contributed by atoms with Crippen molar-refractivity contribution >= 4 is 0 Å². The van der Waals surface area contributed by atoms with Crippen molar-refractivity contribution in [3.8, 4) is 0 Å². The molecule has 2 nitrogen and oxygen atoms in total. The smallest absolute Gasteiger partial charge is 0.0243 e. The molecule has 18 heavy (non-hydrogen) atoms. The molecule has 102 valence electrons. The highest BCUT2D eigenvalue weighted by molar-refractivity contribution is 5.14. The Bertz CT molecular complexity index is 306. The monoisotopic (exact) mass is 248 g/mol. The van der Waals surface area contributed by atoms with Crippen LogP contribution >= 0.6 is 0 Å². The topological polar surface area (TPSA) is 29.3 Å². The molecular formula is C16H28N2. The Balaban J connectivity index is 2.49. The van der Waals surface area contributed by atoms with Crippen molar-refractivity contribution in [1.29, 1.82) is 0 Å². The highest BCUT2D eigenvalue weighted by Gasteiger charge is 2.20. The molecular weight excluding hydrogens is 220 g/mol. The number of likely N-dealkylation sites (N-methyl/N-ethyl adjacent to an activating group) is 1. The third-order valence-corrected chi connectivity index (χ3v) is 4.00. The maximum atomic E-state index is 5.95. The van der Waals surface area contributed by atoms with Crippen LogP contribution in [0.4, 0.5) is 0 Å². The first-order chi connectivity index (χ1) is 8.72. The lowest BCUT2D eigenvalue weighted by atomic mass is 9.93. The van der Waals surface area contributed by atoms with Gasteiger partial charge in [0.15, 0.2) is 0 Å². The third kappa shape index (κ3) is 4.43. The highest BCUT2D eigenvalue weighted by atomic mass is 15.1. The normalized spacial score (nSPS) is 13.2. The van der Waals surface area contributed by atoms with E-state index in [2.05, 4.69) is 56.1 Å². The summed E-state index contributed by atoms with van der Waals surface area (Å²) in [5.41, 5.74) is 7.36. The van der Waals surface area contributed by atoms with Crippen LogP contribution in [0.5, 0.6) is 0 Å². The van der Waals surface area contributed by atoms with Gasteiger partial charge in [-0.25, -0.2) is 0 Å². The molecule has 1 aromatic carbocycles. The molecule has 1 atom stereocenters. The first kappa shape index (κ1) is 15.2. The molecule has 0 heterocycles. The van der Waals surface area contributed by atoms with E-state index >= 15 is 0 Å². The molecule has 2 heteroatoms. The Hall–Kier alpha value is -0.860. The van der Waals surface area contributed by atoms with E-state index in [1.54, 1.807) is 0 Å².